The largest absolute Gasteiger partial charge is 0.358 e. The molecule has 2 amide bonds. The summed E-state index contributed by atoms with van der Waals surface area (Å²) in [7, 11) is 0. The third-order valence-electron chi connectivity index (χ3n) is 5.15. The predicted molar refractivity (Wildman–Crippen MR) is 103 cm³/mol. The van der Waals surface area contributed by atoms with Crippen LogP contribution in [0.2, 0.25) is 0 Å². The lowest BCUT2D eigenvalue weighted by atomic mass is 10.1. The van der Waals surface area contributed by atoms with Gasteiger partial charge >= 0.3 is 0 Å². The van der Waals surface area contributed by atoms with Crippen molar-refractivity contribution >= 4 is 22.7 Å². The number of amides is 2. The zero-order valence-corrected chi connectivity index (χ0v) is 15.5. The van der Waals surface area contributed by atoms with Gasteiger partial charge in [0, 0.05) is 35.9 Å². The monoisotopic (exact) mass is 362 g/mol. The van der Waals surface area contributed by atoms with Crippen LogP contribution in [0.4, 0.5) is 0 Å². The van der Waals surface area contributed by atoms with E-state index in [1.54, 1.807) is 28.3 Å². The Labute approximate surface area is 157 Å². The molecule has 0 radical (unpaired) electrons. The Balaban J connectivity index is 1.58. The summed E-state index contributed by atoms with van der Waals surface area (Å²) in [5.74, 6) is -0.225. The molecule has 2 aromatic heterocycles. The van der Waals surface area contributed by atoms with Crippen molar-refractivity contribution in [2.75, 3.05) is 13.1 Å². The minimum absolute atomic E-state index is 0.0600. The molecule has 0 unspecified atom stereocenters. The highest BCUT2D eigenvalue weighted by Crippen LogP contribution is 2.24. The van der Waals surface area contributed by atoms with Crippen LogP contribution in [0, 0.1) is 13.8 Å². The molecule has 27 heavy (non-hydrogen) atoms. The van der Waals surface area contributed by atoms with Crippen molar-refractivity contribution in [3.8, 4) is 0 Å². The van der Waals surface area contributed by atoms with Gasteiger partial charge in [0.2, 0.25) is 5.91 Å². The summed E-state index contributed by atoms with van der Waals surface area (Å²) in [6, 6.07) is 11.5. The number of H-pyrrole nitrogens is 1. The maximum Gasteiger partial charge on any atom is 0.274 e. The van der Waals surface area contributed by atoms with Gasteiger partial charge in [-0.25, -0.2) is 5.01 Å². The molecule has 0 spiro atoms. The van der Waals surface area contributed by atoms with Crippen molar-refractivity contribution in [3.05, 3.63) is 65.1 Å². The molecule has 1 saturated heterocycles. The number of hydrogen-bond acceptors (Lipinski definition) is 3. The van der Waals surface area contributed by atoms with Crippen LogP contribution in [0.15, 0.2) is 42.6 Å². The Morgan fingerprint density at radius 2 is 1.85 bits per heavy atom. The summed E-state index contributed by atoms with van der Waals surface area (Å²) >= 11 is 0. The lowest BCUT2D eigenvalue weighted by Gasteiger charge is -2.28. The van der Waals surface area contributed by atoms with E-state index in [0.717, 1.165) is 28.6 Å². The second-order valence-electron chi connectivity index (χ2n) is 6.89. The van der Waals surface area contributed by atoms with E-state index in [9.17, 15) is 9.59 Å². The van der Waals surface area contributed by atoms with Crippen LogP contribution in [-0.2, 0) is 11.2 Å². The molecule has 0 saturated carbocycles. The average Bonchev–Trinajstić information content (AvgIpc) is 3.27. The number of aromatic amines is 1. The van der Waals surface area contributed by atoms with Gasteiger partial charge in [0.15, 0.2) is 0 Å². The summed E-state index contributed by atoms with van der Waals surface area (Å²) in [4.78, 5) is 33.5. The predicted octanol–water partition coefficient (Wildman–Crippen LogP) is 3.01. The zero-order chi connectivity index (χ0) is 19.0. The molecule has 0 atom stereocenters. The minimum Gasteiger partial charge on any atom is -0.358 e. The number of carbonyl (C=O) groups excluding carboxylic acids is 2. The fourth-order valence-corrected chi connectivity index (χ4v) is 3.74. The molecule has 138 valence electrons. The van der Waals surface area contributed by atoms with Gasteiger partial charge in [0.1, 0.15) is 0 Å². The fourth-order valence-electron chi connectivity index (χ4n) is 3.74. The molecule has 6 nitrogen and oxygen atoms in total. The molecule has 6 heteroatoms. The van der Waals surface area contributed by atoms with E-state index in [1.165, 1.54) is 0 Å². The van der Waals surface area contributed by atoms with E-state index >= 15 is 0 Å². The third-order valence-corrected chi connectivity index (χ3v) is 5.15. The number of rotatable bonds is 3. The first kappa shape index (κ1) is 17.3. The van der Waals surface area contributed by atoms with Crippen LogP contribution in [0.5, 0.6) is 0 Å². The summed E-state index contributed by atoms with van der Waals surface area (Å²) < 4.78 is 0. The van der Waals surface area contributed by atoms with Crippen molar-refractivity contribution in [1.82, 2.24) is 20.0 Å². The Kier molecular flexibility index (Phi) is 4.39. The van der Waals surface area contributed by atoms with Crippen LogP contribution in [0.25, 0.3) is 10.9 Å². The number of nitrogens with zero attached hydrogens (tertiary/aromatic N) is 3. The third kappa shape index (κ3) is 3.07. The van der Waals surface area contributed by atoms with Crippen molar-refractivity contribution < 1.29 is 9.59 Å². The molecule has 1 fully saturated rings. The number of nitrogens with one attached hydrogen (secondary N) is 1. The van der Waals surface area contributed by atoms with Gasteiger partial charge in [0.05, 0.1) is 17.7 Å². The number of fused-ring (bicyclic) bond motifs is 1. The lowest BCUT2D eigenvalue weighted by molar-refractivity contribution is -0.139. The van der Waals surface area contributed by atoms with E-state index in [1.807, 2.05) is 38.1 Å². The number of benzene rings is 1. The molecule has 1 aromatic carbocycles. The van der Waals surface area contributed by atoms with E-state index in [-0.39, 0.29) is 18.2 Å². The van der Waals surface area contributed by atoms with Gasteiger partial charge in [-0.05, 0) is 44.0 Å². The zero-order valence-electron chi connectivity index (χ0n) is 15.5. The highest BCUT2D eigenvalue weighted by atomic mass is 16.2. The van der Waals surface area contributed by atoms with Gasteiger partial charge in [-0.3, -0.25) is 19.6 Å². The SMILES string of the molecule is Cc1ncccc1C(=O)N1CCCN1C(=O)Cc1c(C)[nH]c2ccccc12. The second kappa shape index (κ2) is 6.87. The van der Waals surface area contributed by atoms with Gasteiger partial charge in [-0.1, -0.05) is 18.2 Å². The van der Waals surface area contributed by atoms with Crippen LogP contribution in [-0.4, -0.2) is 44.9 Å². The molecule has 1 aliphatic heterocycles. The van der Waals surface area contributed by atoms with Crippen LogP contribution >= 0.6 is 0 Å². The van der Waals surface area contributed by atoms with Crippen molar-refractivity contribution in [2.24, 2.45) is 0 Å². The molecular weight excluding hydrogens is 340 g/mol. The summed E-state index contributed by atoms with van der Waals surface area (Å²) in [5, 5.41) is 4.22. The smallest absolute Gasteiger partial charge is 0.274 e. The van der Waals surface area contributed by atoms with Crippen LogP contribution in [0.1, 0.15) is 33.7 Å². The first-order valence-corrected chi connectivity index (χ1v) is 9.16. The number of aryl methyl sites for hydroxylation is 2. The average molecular weight is 362 g/mol. The molecular formula is C21H22N4O2. The lowest BCUT2D eigenvalue weighted by Crippen LogP contribution is -2.45. The molecule has 3 aromatic rings. The van der Waals surface area contributed by atoms with Gasteiger partial charge in [-0.15, -0.1) is 0 Å². The van der Waals surface area contributed by atoms with Crippen LogP contribution < -0.4 is 0 Å². The Hall–Kier alpha value is -3.15. The van der Waals surface area contributed by atoms with Gasteiger partial charge < -0.3 is 4.98 Å². The van der Waals surface area contributed by atoms with Gasteiger partial charge in [-0.2, -0.15) is 0 Å². The molecule has 4 rings (SSSR count). The van der Waals surface area contributed by atoms with E-state index < -0.39 is 0 Å². The maximum absolute atomic E-state index is 13.0. The summed E-state index contributed by atoms with van der Waals surface area (Å²) in [6.45, 7) is 4.90. The molecule has 1 N–H and O–H groups in total. The van der Waals surface area contributed by atoms with E-state index in [2.05, 4.69) is 9.97 Å². The normalized spacial score (nSPS) is 14.1. The van der Waals surface area contributed by atoms with Crippen molar-refractivity contribution in [1.29, 1.82) is 0 Å². The molecule has 0 bridgehead atoms. The number of pyridine rings is 1. The van der Waals surface area contributed by atoms with Crippen LogP contribution in [0.3, 0.4) is 0 Å². The second-order valence-corrected chi connectivity index (χ2v) is 6.89. The minimum atomic E-state index is -0.165. The molecule has 1 aliphatic rings. The number of carbonyl (C=O) groups is 2. The van der Waals surface area contributed by atoms with Crippen molar-refractivity contribution in [2.45, 2.75) is 26.7 Å². The molecule has 3 heterocycles. The molecule has 0 aliphatic carbocycles. The number of aromatic nitrogens is 2. The number of hydrogen-bond donors (Lipinski definition) is 1. The first-order valence-electron chi connectivity index (χ1n) is 9.16. The fraction of sp³-hybridized carbons (Fsp3) is 0.286. The Bertz CT molecular complexity index is 1020. The highest BCUT2D eigenvalue weighted by Gasteiger charge is 2.32. The Morgan fingerprint density at radius 3 is 2.67 bits per heavy atom. The van der Waals surface area contributed by atoms with E-state index in [0.29, 0.717) is 24.3 Å². The summed E-state index contributed by atoms with van der Waals surface area (Å²) in [6.07, 6.45) is 2.72. The topological polar surface area (TPSA) is 69.3 Å². The van der Waals surface area contributed by atoms with Gasteiger partial charge in [0.25, 0.3) is 5.91 Å². The number of hydrazine groups is 1. The van der Waals surface area contributed by atoms with Crippen molar-refractivity contribution in [3.63, 3.8) is 0 Å². The first-order chi connectivity index (χ1) is 13.1. The number of para-hydroxylation sites is 1. The standard InChI is InChI=1S/C21H22N4O2/c1-14-16(8-5-10-22-14)21(27)25-12-6-11-24(25)20(26)13-18-15(2)23-19-9-4-3-7-17(18)19/h3-5,7-10,23H,6,11-13H2,1-2H3. The Morgan fingerprint density at radius 1 is 1.07 bits per heavy atom. The quantitative estimate of drug-likeness (QED) is 0.779. The summed E-state index contributed by atoms with van der Waals surface area (Å²) in [5.41, 5.74) is 4.23. The maximum atomic E-state index is 13.0. The highest BCUT2D eigenvalue weighted by molar-refractivity contribution is 5.97. The van der Waals surface area contributed by atoms with E-state index in [4.69, 9.17) is 0 Å².